The predicted molar refractivity (Wildman–Crippen MR) is 75.8 cm³/mol. The van der Waals surface area contributed by atoms with Crippen molar-refractivity contribution in [3.63, 3.8) is 0 Å². The lowest BCUT2D eigenvalue weighted by Gasteiger charge is -2.13. The van der Waals surface area contributed by atoms with Crippen molar-refractivity contribution in [2.45, 2.75) is 13.0 Å². The summed E-state index contributed by atoms with van der Waals surface area (Å²) < 4.78 is 1.61. The molecule has 7 heteroatoms. The van der Waals surface area contributed by atoms with Gasteiger partial charge in [-0.3, -0.25) is 4.79 Å². The Morgan fingerprint density at radius 2 is 2.05 bits per heavy atom. The molecule has 0 aliphatic carbocycles. The molecule has 0 aliphatic rings. The highest BCUT2D eigenvalue weighted by Gasteiger charge is 2.18. The smallest absolute Gasteiger partial charge is 0.268 e. The molecule has 0 bridgehead atoms. The zero-order chi connectivity index (χ0) is 14.7. The summed E-state index contributed by atoms with van der Waals surface area (Å²) in [6.45, 7) is 1.84. The second-order valence-corrected chi connectivity index (χ2v) is 4.56. The van der Waals surface area contributed by atoms with Crippen LogP contribution >= 0.6 is 0 Å². The van der Waals surface area contributed by atoms with E-state index in [-0.39, 0.29) is 11.9 Å². The lowest BCUT2D eigenvalue weighted by atomic mass is 10.2. The summed E-state index contributed by atoms with van der Waals surface area (Å²) in [5, 5.41) is 14.5. The topological polar surface area (TPSA) is 88.5 Å². The summed E-state index contributed by atoms with van der Waals surface area (Å²) in [6.07, 6.45) is 1.70. The van der Waals surface area contributed by atoms with E-state index in [1.54, 1.807) is 23.0 Å². The first kappa shape index (κ1) is 13.0. The maximum absolute atomic E-state index is 12.0. The molecule has 1 atom stereocenters. The van der Waals surface area contributed by atoms with Crippen molar-refractivity contribution in [1.82, 2.24) is 30.5 Å². The van der Waals surface area contributed by atoms with Crippen LogP contribution in [0.3, 0.4) is 0 Å². The monoisotopic (exact) mass is 282 g/mol. The quantitative estimate of drug-likeness (QED) is 0.758. The molecule has 2 heterocycles. The summed E-state index contributed by atoms with van der Waals surface area (Å²) in [6, 6.07) is 12.7. The fraction of sp³-hybridized carbons (Fsp3) is 0.143. The molecule has 2 N–H and O–H groups in total. The first-order chi connectivity index (χ1) is 10.3. The van der Waals surface area contributed by atoms with Gasteiger partial charge in [0.05, 0.1) is 11.7 Å². The minimum Gasteiger partial charge on any atom is -0.357 e. The van der Waals surface area contributed by atoms with Gasteiger partial charge in [0.2, 0.25) is 0 Å². The van der Waals surface area contributed by atoms with E-state index in [4.69, 9.17) is 0 Å². The average Bonchev–Trinajstić information content (AvgIpc) is 3.19. The van der Waals surface area contributed by atoms with Crippen LogP contribution in [0.2, 0.25) is 0 Å². The number of nitrogens with zero attached hydrogens (tertiary/aromatic N) is 4. The van der Waals surface area contributed by atoms with Crippen LogP contribution in [0.25, 0.3) is 5.69 Å². The molecule has 2 aromatic heterocycles. The van der Waals surface area contributed by atoms with Gasteiger partial charge in [-0.15, -0.1) is 5.10 Å². The summed E-state index contributed by atoms with van der Waals surface area (Å²) in [5.74, 6) is 0.371. The van der Waals surface area contributed by atoms with E-state index >= 15 is 0 Å². The third kappa shape index (κ3) is 2.66. The van der Waals surface area contributed by atoms with Gasteiger partial charge in [-0.2, -0.15) is 4.68 Å². The molecule has 0 aliphatic heterocycles. The van der Waals surface area contributed by atoms with Gasteiger partial charge >= 0.3 is 0 Å². The molecule has 21 heavy (non-hydrogen) atoms. The van der Waals surface area contributed by atoms with Gasteiger partial charge in [-0.25, -0.2) is 0 Å². The number of aromatic nitrogens is 5. The third-order valence-corrected chi connectivity index (χ3v) is 3.07. The number of aromatic amines is 1. The lowest BCUT2D eigenvalue weighted by molar-refractivity contribution is 0.0933. The highest BCUT2D eigenvalue weighted by Crippen LogP contribution is 2.14. The predicted octanol–water partition coefficient (Wildman–Crippen LogP) is 1.48. The minimum absolute atomic E-state index is 0.199. The number of hydrogen-bond acceptors (Lipinski definition) is 4. The minimum atomic E-state index is -0.323. The largest absolute Gasteiger partial charge is 0.357 e. The molecule has 0 radical (unpaired) electrons. The van der Waals surface area contributed by atoms with Gasteiger partial charge in [0.15, 0.2) is 5.82 Å². The van der Waals surface area contributed by atoms with Crippen molar-refractivity contribution in [2.24, 2.45) is 0 Å². The number of tetrazole rings is 1. The third-order valence-electron chi connectivity index (χ3n) is 3.07. The van der Waals surface area contributed by atoms with E-state index in [1.165, 1.54) is 0 Å². The van der Waals surface area contributed by atoms with Crippen LogP contribution in [-0.2, 0) is 0 Å². The molecule has 0 fully saturated rings. The summed E-state index contributed by atoms with van der Waals surface area (Å²) in [5.41, 5.74) is 1.35. The molecule has 1 aromatic carbocycles. The summed E-state index contributed by atoms with van der Waals surface area (Å²) in [7, 11) is 0. The molecular formula is C14H14N6O. The van der Waals surface area contributed by atoms with Crippen molar-refractivity contribution >= 4 is 5.91 Å². The van der Waals surface area contributed by atoms with Crippen LogP contribution in [0.1, 0.15) is 29.3 Å². The standard InChI is InChI=1S/C14H14N6O/c1-10(16-14(21)12-8-5-9-15-12)13-17-18-19-20(13)11-6-3-2-4-7-11/h2-10,15H,1H3,(H,16,21)/t10-/m1/s1. The number of amides is 1. The van der Waals surface area contributed by atoms with E-state index in [9.17, 15) is 4.79 Å². The van der Waals surface area contributed by atoms with E-state index in [1.807, 2.05) is 37.3 Å². The highest BCUT2D eigenvalue weighted by molar-refractivity contribution is 5.92. The fourth-order valence-corrected chi connectivity index (χ4v) is 2.03. The second-order valence-electron chi connectivity index (χ2n) is 4.56. The van der Waals surface area contributed by atoms with Gasteiger partial charge in [0.1, 0.15) is 5.69 Å². The molecule has 7 nitrogen and oxygen atoms in total. The number of hydrogen-bond donors (Lipinski definition) is 2. The Morgan fingerprint density at radius 1 is 1.24 bits per heavy atom. The van der Waals surface area contributed by atoms with Gasteiger partial charge in [0, 0.05) is 6.20 Å². The highest BCUT2D eigenvalue weighted by atomic mass is 16.1. The Bertz CT molecular complexity index is 719. The zero-order valence-electron chi connectivity index (χ0n) is 11.4. The van der Waals surface area contributed by atoms with Crippen molar-refractivity contribution in [3.8, 4) is 5.69 Å². The molecular weight excluding hydrogens is 268 g/mol. The van der Waals surface area contributed by atoms with Gasteiger partial charge < -0.3 is 10.3 Å². The molecule has 1 amide bonds. The Hall–Kier alpha value is -2.96. The number of carbonyl (C=O) groups excluding carboxylic acids is 1. The number of H-pyrrole nitrogens is 1. The van der Waals surface area contributed by atoms with E-state index in [2.05, 4.69) is 25.8 Å². The van der Waals surface area contributed by atoms with Crippen molar-refractivity contribution in [3.05, 3.63) is 60.2 Å². The molecule has 106 valence electrons. The van der Waals surface area contributed by atoms with E-state index in [0.29, 0.717) is 11.5 Å². The Balaban J connectivity index is 1.81. The second kappa shape index (κ2) is 5.58. The van der Waals surface area contributed by atoms with Crippen molar-refractivity contribution in [2.75, 3.05) is 0 Å². The average molecular weight is 282 g/mol. The Kier molecular flexibility index (Phi) is 3.46. The van der Waals surface area contributed by atoms with Crippen LogP contribution < -0.4 is 5.32 Å². The molecule has 0 saturated heterocycles. The maximum Gasteiger partial charge on any atom is 0.268 e. The summed E-state index contributed by atoms with van der Waals surface area (Å²) in [4.78, 5) is 14.9. The van der Waals surface area contributed by atoms with Crippen LogP contribution in [0.5, 0.6) is 0 Å². The number of benzene rings is 1. The van der Waals surface area contributed by atoms with Gasteiger partial charge in [-0.05, 0) is 41.6 Å². The number of carbonyl (C=O) groups is 1. The van der Waals surface area contributed by atoms with Crippen molar-refractivity contribution in [1.29, 1.82) is 0 Å². The molecule has 3 rings (SSSR count). The molecule has 0 spiro atoms. The summed E-state index contributed by atoms with van der Waals surface area (Å²) >= 11 is 0. The maximum atomic E-state index is 12.0. The first-order valence-corrected chi connectivity index (χ1v) is 6.53. The Labute approximate surface area is 121 Å². The lowest BCUT2D eigenvalue weighted by Crippen LogP contribution is -2.28. The fourth-order valence-electron chi connectivity index (χ4n) is 2.03. The Morgan fingerprint density at radius 3 is 2.76 bits per heavy atom. The molecule has 0 saturated carbocycles. The number of nitrogens with one attached hydrogen (secondary N) is 2. The number of para-hydroxylation sites is 1. The number of rotatable bonds is 4. The zero-order valence-corrected chi connectivity index (χ0v) is 11.4. The van der Waals surface area contributed by atoms with Crippen LogP contribution in [0.15, 0.2) is 48.7 Å². The van der Waals surface area contributed by atoms with Crippen LogP contribution in [0, 0.1) is 0 Å². The molecule has 3 aromatic rings. The van der Waals surface area contributed by atoms with Crippen molar-refractivity contribution < 1.29 is 4.79 Å². The van der Waals surface area contributed by atoms with Crippen LogP contribution in [-0.4, -0.2) is 31.1 Å². The first-order valence-electron chi connectivity index (χ1n) is 6.53. The van der Waals surface area contributed by atoms with Gasteiger partial charge in [0.25, 0.3) is 5.91 Å². The van der Waals surface area contributed by atoms with E-state index < -0.39 is 0 Å². The molecule has 0 unspecified atom stereocenters. The normalized spacial score (nSPS) is 12.0. The van der Waals surface area contributed by atoms with E-state index in [0.717, 1.165) is 5.69 Å². The van der Waals surface area contributed by atoms with Crippen LogP contribution in [0.4, 0.5) is 0 Å². The van der Waals surface area contributed by atoms with Gasteiger partial charge in [-0.1, -0.05) is 18.2 Å². The SMILES string of the molecule is C[C@@H](NC(=O)c1ccc[nH]1)c1nnnn1-c1ccccc1.